The maximum atomic E-state index is 12.2. The van der Waals surface area contributed by atoms with Gasteiger partial charge < -0.3 is 15.4 Å². The highest BCUT2D eigenvalue weighted by molar-refractivity contribution is 5.90. The molecular formula is C21H28N2O2. The van der Waals surface area contributed by atoms with Crippen LogP contribution in [-0.2, 0) is 0 Å². The van der Waals surface area contributed by atoms with Crippen LogP contribution < -0.4 is 15.4 Å². The van der Waals surface area contributed by atoms with Crippen LogP contribution in [0.2, 0.25) is 0 Å². The lowest BCUT2D eigenvalue weighted by molar-refractivity contribution is 0.183. The second-order valence-corrected chi connectivity index (χ2v) is 6.82. The van der Waals surface area contributed by atoms with Crippen LogP contribution in [0.1, 0.15) is 57.6 Å². The molecule has 0 radical (unpaired) electrons. The number of hydrogen-bond acceptors (Lipinski definition) is 2. The lowest BCUT2D eigenvalue weighted by Gasteiger charge is -2.19. The molecule has 0 spiro atoms. The normalized spacial score (nSPS) is 12.1. The largest absolute Gasteiger partial charge is 0.471 e. The van der Waals surface area contributed by atoms with Gasteiger partial charge in [-0.3, -0.25) is 0 Å². The maximum Gasteiger partial charge on any atom is 0.322 e. The lowest BCUT2D eigenvalue weighted by Crippen LogP contribution is -2.39. The highest BCUT2D eigenvalue weighted by Gasteiger charge is 2.12. The Balaban J connectivity index is 1.92. The number of urea groups is 1. The first-order chi connectivity index (χ1) is 11.9. The molecule has 0 aliphatic carbocycles. The minimum atomic E-state index is -0.434. The molecule has 0 aliphatic heterocycles. The SMILES string of the molecule is CC(NC(=O)Nc1ccccc1C(C)C)Oc1ccc(C(C)C)cc1. The third-order valence-corrected chi connectivity index (χ3v) is 4.02. The Labute approximate surface area is 150 Å². The molecule has 0 saturated carbocycles. The Hall–Kier alpha value is -2.49. The van der Waals surface area contributed by atoms with Gasteiger partial charge in [0, 0.05) is 5.69 Å². The van der Waals surface area contributed by atoms with E-state index in [-0.39, 0.29) is 6.03 Å². The minimum Gasteiger partial charge on any atom is -0.471 e. The van der Waals surface area contributed by atoms with E-state index in [1.54, 1.807) is 0 Å². The summed E-state index contributed by atoms with van der Waals surface area (Å²) in [6, 6.07) is 15.5. The first-order valence-electron chi connectivity index (χ1n) is 8.80. The molecule has 2 aromatic rings. The van der Waals surface area contributed by atoms with Gasteiger partial charge in [0.2, 0.25) is 0 Å². The van der Waals surface area contributed by atoms with Gasteiger partial charge >= 0.3 is 6.03 Å². The zero-order valence-electron chi connectivity index (χ0n) is 15.7. The molecule has 0 fully saturated rings. The average Bonchev–Trinajstić information content (AvgIpc) is 2.55. The molecule has 4 heteroatoms. The predicted molar refractivity (Wildman–Crippen MR) is 103 cm³/mol. The summed E-state index contributed by atoms with van der Waals surface area (Å²) in [5.41, 5.74) is 3.19. The highest BCUT2D eigenvalue weighted by atomic mass is 16.5. The molecule has 0 aromatic heterocycles. The van der Waals surface area contributed by atoms with Crippen LogP contribution >= 0.6 is 0 Å². The van der Waals surface area contributed by atoms with Crippen LogP contribution in [0, 0.1) is 0 Å². The van der Waals surface area contributed by atoms with Gasteiger partial charge in [-0.1, -0.05) is 58.0 Å². The third kappa shape index (κ3) is 5.52. The summed E-state index contributed by atoms with van der Waals surface area (Å²) in [6.07, 6.45) is -0.434. The Bertz CT molecular complexity index is 693. The fourth-order valence-corrected chi connectivity index (χ4v) is 2.62. The summed E-state index contributed by atoms with van der Waals surface area (Å²) in [4.78, 5) is 12.2. The molecule has 0 aliphatic rings. The zero-order chi connectivity index (χ0) is 18.4. The lowest BCUT2D eigenvalue weighted by atomic mass is 10.0. The van der Waals surface area contributed by atoms with E-state index in [0.29, 0.717) is 11.8 Å². The monoisotopic (exact) mass is 340 g/mol. The Morgan fingerprint density at radius 1 is 0.880 bits per heavy atom. The molecular weight excluding hydrogens is 312 g/mol. The van der Waals surface area contributed by atoms with Gasteiger partial charge in [-0.2, -0.15) is 0 Å². The molecule has 2 N–H and O–H groups in total. The summed E-state index contributed by atoms with van der Waals surface area (Å²) in [5, 5.41) is 5.71. The summed E-state index contributed by atoms with van der Waals surface area (Å²) in [5.74, 6) is 1.56. The Kier molecular flexibility index (Phi) is 6.45. The van der Waals surface area contributed by atoms with Crippen molar-refractivity contribution in [3.05, 3.63) is 59.7 Å². The molecule has 2 rings (SSSR count). The summed E-state index contributed by atoms with van der Waals surface area (Å²) >= 11 is 0. The van der Waals surface area contributed by atoms with Crippen LogP contribution in [0.3, 0.4) is 0 Å². The van der Waals surface area contributed by atoms with Gasteiger partial charge in [0.1, 0.15) is 5.75 Å². The maximum absolute atomic E-state index is 12.2. The molecule has 1 atom stereocenters. The Morgan fingerprint density at radius 2 is 1.52 bits per heavy atom. The van der Waals surface area contributed by atoms with E-state index >= 15 is 0 Å². The van der Waals surface area contributed by atoms with Crippen molar-refractivity contribution < 1.29 is 9.53 Å². The smallest absolute Gasteiger partial charge is 0.322 e. The Morgan fingerprint density at radius 3 is 2.12 bits per heavy atom. The number of anilines is 1. The topological polar surface area (TPSA) is 50.4 Å². The standard InChI is InChI=1S/C21H28N2O2/c1-14(2)17-10-12-18(13-11-17)25-16(5)22-21(24)23-20-9-7-6-8-19(20)15(3)4/h6-16H,1-5H3,(H2,22,23,24). The van der Waals surface area contributed by atoms with Crippen LogP contribution in [0.25, 0.3) is 0 Å². The van der Waals surface area contributed by atoms with Gasteiger partial charge in [0.15, 0.2) is 6.23 Å². The van der Waals surface area contributed by atoms with Gasteiger partial charge in [-0.15, -0.1) is 0 Å². The van der Waals surface area contributed by atoms with Gasteiger partial charge in [-0.25, -0.2) is 4.79 Å². The molecule has 1 unspecified atom stereocenters. The molecule has 0 heterocycles. The third-order valence-electron chi connectivity index (χ3n) is 4.02. The van der Waals surface area contributed by atoms with E-state index < -0.39 is 6.23 Å². The van der Waals surface area contributed by atoms with Crippen molar-refractivity contribution in [3.8, 4) is 5.75 Å². The van der Waals surface area contributed by atoms with Crippen molar-refractivity contribution in [2.24, 2.45) is 0 Å². The molecule has 0 bridgehead atoms. The number of amides is 2. The van der Waals surface area contributed by atoms with Crippen LogP contribution in [0.5, 0.6) is 5.75 Å². The van der Waals surface area contributed by atoms with Crippen LogP contribution in [0.15, 0.2) is 48.5 Å². The second-order valence-electron chi connectivity index (χ2n) is 6.82. The van der Waals surface area contributed by atoms with E-state index in [0.717, 1.165) is 17.0 Å². The predicted octanol–water partition coefficient (Wildman–Crippen LogP) is 5.48. The van der Waals surface area contributed by atoms with E-state index in [4.69, 9.17) is 4.74 Å². The number of hydrogen-bond donors (Lipinski definition) is 2. The summed E-state index contributed by atoms with van der Waals surface area (Å²) < 4.78 is 5.76. The number of rotatable bonds is 6. The van der Waals surface area contributed by atoms with E-state index in [1.807, 2.05) is 55.5 Å². The van der Waals surface area contributed by atoms with Gasteiger partial charge in [0.05, 0.1) is 0 Å². The van der Waals surface area contributed by atoms with Crippen LogP contribution in [0.4, 0.5) is 10.5 Å². The van der Waals surface area contributed by atoms with E-state index in [2.05, 4.69) is 38.3 Å². The highest BCUT2D eigenvalue weighted by Crippen LogP contribution is 2.23. The number of carbonyl (C=O) groups is 1. The van der Waals surface area contributed by atoms with Gasteiger partial charge in [-0.05, 0) is 48.1 Å². The molecule has 134 valence electrons. The van der Waals surface area contributed by atoms with Gasteiger partial charge in [0.25, 0.3) is 0 Å². The molecule has 25 heavy (non-hydrogen) atoms. The number of nitrogens with one attached hydrogen (secondary N) is 2. The average molecular weight is 340 g/mol. The number of para-hydroxylation sites is 1. The molecule has 2 aromatic carbocycles. The minimum absolute atomic E-state index is 0.278. The fraction of sp³-hybridized carbons (Fsp3) is 0.381. The molecule has 0 saturated heterocycles. The quantitative estimate of drug-likeness (QED) is 0.684. The molecule has 2 amide bonds. The first-order valence-corrected chi connectivity index (χ1v) is 8.80. The number of benzene rings is 2. The van der Waals surface area contributed by atoms with Crippen molar-refractivity contribution in [2.45, 2.75) is 52.7 Å². The van der Waals surface area contributed by atoms with E-state index in [1.165, 1.54) is 5.56 Å². The fourth-order valence-electron chi connectivity index (χ4n) is 2.62. The second kappa shape index (κ2) is 8.56. The van der Waals surface area contributed by atoms with E-state index in [9.17, 15) is 4.79 Å². The molecule has 4 nitrogen and oxygen atoms in total. The van der Waals surface area contributed by atoms with Crippen molar-refractivity contribution in [1.82, 2.24) is 5.32 Å². The van der Waals surface area contributed by atoms with Crippen molar-refractivity contribution in [2.75, 3.05) is 5.32 Å². The first kappa shape index (κ1) is 18.8. The number of carbonyl (C=O) groups excluding carboxylic acids is 1. The van der Waals surface area contributed by atoms with Crippen molar-refractivity contribution in [3.63, 3.8) is 0 Å². The van der Waals surface area contributed by atoms with Crippen molar-refractivity contribution >= 4 is 11.7 Å². The zero-order valence-corrected chi connectivity index (χ0v) is 15.7. The summed E-state index contributed by atoms with van der Waals surface area (Å²) in [6.45, 7) is 10.3. The van der Waals surface area contributed by atoms with Crippen LogP contribution in [-0.4, -0.2) is 12.3 Å². The number of ether oxygens (including phenoxy) is 1. The summed E-state index contributed by atoms with van der Waals surface area (Å²) in [7, 11) is 0. The van der Waals surface area contributed by atoms with Crippen molar-refractivity contribution in [1.29, 1.82) is 0 Å².